The summed E-state index contributed by atoms with van der Waals surface area (Å²) in [5, 5.41) is 0. The Labute approximate surface area is 85.6 Å². The van der Waals surface area contributed by atoms with Gasteiger partial charge in [-0.3, -0.25) is 4.98 Å². The average molecular weight is 206 g/mol. The predicted molar refractivity (Wildman–Crippen MR) is 52.1 cm³/mol. The molecule has 0 radical (unpaired) electrons. The van der Waals surface area contributed by atoms with Gasteiger partial charge in [0.25, 0.3) is 0 Å². The first-order valence-electron chi connectivity index (χ1n) is 4.42. The van der Waals surface area contributed by atoms with Crippen LogP contribution in [0.3, 0.4) is 0 Å². The second-order valence-electron chi connectivity index (χ2n) is 3.19. The van der Waals surface area contributed by atoms with Crippen LogP contribution in [0, 0.1) is 18.8 Å². The number of nitrogens with zero attached hydrogens (tertiary/aromatic N) is 2. The number of aryl methyl sites for hydroxylation is 1. The molecule has 0 spiro atoms. The van der Waals surface area contributed by atoms with E-state index in [1.807, 2.05) is 13.0 Å². The molecule has 0 bridgehead atoms. The van der Waals surface area contributed by atoms with Gasteiger partial charge < -0.3 is 0 Å². The SMILES string of the molecule is Cc1ccc(-c2ccc(F)nc2F)nc1. The van der Waals surface area contributed by atoms with E-state index < -0.39 is 11.9 Å². The Morgan fingerprint density at radius 3 is 2.47 bits per heavy atom. The highest BCUT2D eigenvalue weighted by Gasteiger charge is 2.08. The van der Waals surface area contributed by atoms with Crippen LogP contribution < -0.4 is 0 Å². The Kier molecular flexibility index (Phi) is 2.41. The average Bonchev–Trinajstić information content (AvgIpc) is 2.20. The fourth-order valence-corrected chi connectivity index (χ4v) is 1.23. The van der Waals surface area contributed by atoms with Crippen molar-refractivity contribution in [3.63, 3.8) is 0 Å². The number of aromatic nitrogens is 2. The molecule has 4 heteroatoms. The van der Waals surface area contributed by atoms with Gasteiger partial charge in [0.2, 0.25) is 11.9 Å². The van der Waals surface area contributed by atoms with E-state index >= 15 is 0 Å². The third-order valence-electron chi connectivity index (χ3n) is 2.00. The van der Waals surface area contributed by atoms with Crippen molar-refractivity contribution in [3.05, 3.63) is 47.9 Å². The zero-order valence-corrected chi connectivity index (χ0v) is 8.04. The van der Waals surface area contributed by atoms with Crippen LogP contribution in [0.4, 0.5) is 8.78 Å². The molecule has 0 N–H and O–H groups in total. The van der Waals surface area contributed by atoms with Gasteiger partial charge in [0.05, 0.1) is 11.3 Å². The number of halogens is 2. The molecule has 0 unspecified atom stereocenters. The van der Waals surface area contributed by atoms with Crippen LogP contribution in [-0.4, -0.2) is 9.97 Å². The maximum absolute atomic E-state index is 13.2. The van der Waals surface area contributed by atoms with Gasteiger partial charge in [0.1, 0.15) is 0 Å². The maximum Gasteiger partial charge on any atom is 0.224 e. The fourth-order valence-electron chi connectivity index (χ4n) is 1.23. The molecule has 15 heavy (non-hydrogen) atoms. The van der Waals surface area contributed by atoms with Gasteiger partial charge in [-0.2, -0.15) is 13.8 Å². The number of hydrogen-bond acceptors (Lipinski definition) is 2. The molecule has 0 aliphatic rings. The minimum absolute atomic E-state index is 0.205. The number of rotatable bonds is 1. The van der Waals surface area contributed by atoms with Crippen LogP contribution in [0.2, 0.25) is 0 Å². The molecule has 2 rings (SSSR count). The quantitative estimate of drug-likeness (QED) is 0.670. The summed E-state index contributed by atoms with van der Waals surface area (Å²) < 4.78 is 25.8. The molecule has 0 aliphatic heterocycles. The van der Waals surface area contributed by atoms with Gasteiger partial charge in [-0.05, 0) is 30.7 Å². The fraction of sp³-hybridized carbons (Fsp3) is 0.0909. The summed E-state index contributed by atoms with van der Waals surface area (Å²) in [5.41, 5.74) is 1.64. The lowest BCUT2D eigenvalue weighted by Gasteiger charge is -2.01. The Bertz CT molecular complexity index is 480. The van der Waals surface area contributed by atoms with Gasteiger partial charge in [-0.1, -0.05) is 6.07 Å². The zero-order valence-electron chi connectivity index (χ0n) is 8.04. The molecule has 76 valence electrons. The molecule has 0 aliphatic carbocycles. The van der Waals surface area contributed by atoms with E-state index in [9.17, 15) is 8.78 Å². The summed E-state index contributed by atoms with van der Waals surface area (Å²) in [7, 11) is 0. The molecule has 2 nitrogen and oxygen atoms in total. The van der Waals surface area contributed by atoms with Crippen molar-refractivity contribution in [2.75, 3.05) is 0 Å². The number of hydrogen-bond donors (Lipinski definition) is 0. The standard InChI is InChI=1S/C11H8F2N2/c1-7-2-4-9(14-6-7)8-3-5-10(12)15-11(8)13/h2-6H,1H3. The number of pyridine rings is 2. The minimum atomic E-state index is -0.841. The molecule has 0 saturated carbocycles. The second-order valence-corrected chi connectivity index (χ2v) is 3.19. The normalized spacial score (nSPS) is 10.3. The van der Waals surface area contributed by atoms with Gasteiger partial charge in [-0.25, -0.2) is 0 Å². The van der Waals surface area contributed by atoms with Crippen molar-refractivity contribution in [2.45, 2.75) is 6.92 Å². The largest absolute Gasteiger partial charge is 0.256 e. The summed E-state index contributed by atoms with van der Waals surface area (Å²) in [4.78, 5) is 7.14. The lowest BCUT2D eigenvalue weighted by molar-refractivity contribution is 0.515. The van der Waals surface area contributed by atoms with E-state index in [4.69, 9.17) is 0 Å². The van der Waals surface area contributed by atoms with Crippen LogP contribution in [0.25, 0.3) is 11.3 Å². The van der Waals surface area contributed by atoms with E-state index in [1.54, 1.807) is 12.3 Å². The third-order valence-corrected chi connectivity index (χ3v) is 2.00. The topological polar surface area (TPSA) is 25.8 Å². The monoisotopic (exact) mass is 206 g/mol. The Balaban J connectivity index is 2.49. The minimum Gasteiger partial charge on any atom is -0.256 e. The van der Waals surface area contributed by atoms with Gasteiger partial charge >= 0.3 is 0 Å². The Hall–Kier alpha value is -1.84. The van der Waals surface area contributed by atoms with E-state index in [1.165, 1.54) is 6.07 Å². The van der Waals surface area contributed by atoms with E-state index in [2.05, 4.69) is 9.97 Å². The van der Waals surface area contributed by atoms with Crippen molar-refractivity contribution < 1.29 is 8.78 Å². The van der Waals surface area contributed by atoms with Crippen molar-refractivity contribution in [1.29, 1.82) is 0 Å². The summed E-state index contributed by atoms with van der Waals surface area (Å²) in [6, 6.07) is 5.92. The van der Waals surface area contributed by atoms with Crippen molar-refractivity contribution in [2.24, 2.45) is 0 Å². The second kappa shape index (κ2) is 3.73. The highest BCUT2D eigenvalue weighted by atomic mass is 19.1. The van der Waals surface area contributed by atoms with Gasteiger partial charge in [0.15, 0.2) is 0 Å². The molecule has 0 fully saturated rings. The summed E-state index contributed by atoms with van der Waals surface area (Å²) in [5.74, 6) is -1.67. The predicted octanol–water partition coefficient (Wildman–Crippen LogP) is 2.73. The van der Waals surface area contributed by atoms with Crippen molar-refractivity contribution in [3.8, 4) is 11.3 Å². The molecule has 0 aromatic carbocycles. The zero-order chi connectivity index (χ0) is 10.8. The van der Waals surface area contributed by atoms with E-state index in [0.29, 0.717) is 5.69 Å². The smallest absolute Gasteiger partial charge is 0.224 e. The molecule has 2 aromatic rings. The summed E-state index contributed by atoms with van der Waals surface area (Å²) in [6.45, 7) is 1.88. The Morgan fingerprint density at radius 1 is 1.07 bits per heavy atom. The molecular weight excluding hydrogens is 198 g/mol. The maximum atomic E-state index is 13.2. The highest BCUT2D eigenvalue weighted by molar-refractivity contribution is 5.58. The summed E-state index contributed by atoms with van der Waals surface area (Å²) >= 11 is 0. The van der Waals surface area contributed by atoms with Gasteiger partial charge in [-0.15, -0.1) is 0 Å². The molecule has 0 atom stereocenters. The molecule has 2 aromatic heterocycles. The Morgan fingerprint density at radius 2 is 1.87 bits per heavy atom. The van der Waals surface area contributed by atoms with Crippen molar-refractivity contribution >= 4 is 0 Å². The first-order chi connectivity index (χ1) is 7.16. The van der Waals surface area contributed by atoms with Gasteiger partial charge in [0, 0.05) is 6.20 Å². The van der Waals surface area contributed by atoms with Crippen LogP contribution in [0.5, 0.6) is 0 Å². The van der Waals surface area contributed by atoms with Crippen LogP contribution in [0.1, 0.15) is 5.56 Å². The molecular formula is C11H8F2N2. The molecule has 0 amide bonds. The van der Waals surface area contributed by atoms with Crippen LogP contribution in [-0.2, 0) is 0 Å². The van der Waals surface area contributed by atoms with Crippen molar-refractivity contribution in [1.82, 2.24) is 9.97 Å². The third kappa shape index (κ3) is 1.98. The first-order valence-corrected chi connectivity index (χ1v) is 4.42. The molecule has 2 heterocycles. The van der Waals surface area contributed by atoms with E-state index in [0.717, 1.165) is 11.6 Å². The van der Waals surface area contributed by atoms with Crippen LogP contribution >= 0.6 is 0 Å². The van der Waals surface area contributed by atoms with Crippen LogP contribution in [0.15, 0.2) is 30.5 Å². The van der Waals surface area contributed by atoms with E-state index in [-0.39, 0.29) is 5.56 Å². The lowest BCUT2D eigenvalue weighted by atomic mass is 10.1. The summed E-state index contributed by atoms with van der Waals surface area (Å²) in [6.07, 6.45) is 1.62. The first kappa shape index (κ1) is 9.71. The molecule has 0 saturated heterocycles. The lowest BCUT2D eigenvalue weighted by Crippen LogP contribution is -1.93. The highest BCUT2D eigenvalue weighted by Crippen LogP contribution is 2.19.